The quantitative estimate of drug-likeness (QED) is 0.591. The summed E-state index contributed by atoms with van der Waals surface area (Å²) in [5.41, 5.74) is 2.98. The van der Waals surface area contributed by atoms with Crippen molar-refractivity contribution >= 4 is 5.91 Å². The summed E-state index contributed by atoms with van der Waals surface area (Å²) in [6, 6.07) is 14.5. The molecule has 1 fully saturated rings. The zero-order chi connectivity index (χ0) is 22.5. The molecule has 1 saturated heterocycles. The minimum atomic E-state index is -0.334. The molecule has 2 unspecified atom stereocenters. The van der Waals surface area contributed by atoms with Crippen LogP contribution in [0, 0.1) is 5.82 Å². The first kappa shape index (κ1) is 22.1. The predicted octanol–water partition coefficient (Wildman–Crippen LogP) is 4.49. The van der Waals surface area contributed by atoms with Crippen LogP contribution < -0.4 is 5.32 Å². The number of hydrogen-bond donors (Lipinski definition) is 1. The Morgan fingerprint density at radius 2 is 2.09 bits per heavy atom. The second kappa shape index (κ2) is 10.0. The first-order valence-electron chi connectivity index (χ1n) is 11.2. The van der Waals surface area contributed by atoms with Crippen molar-refractivity contribution < 1.29 is 13.7 Å². The van der Waals surface area contributed by atoms with E-state index >= 15 is 0 Å². The van der Waals surface area contributed by atoms with E-state index in [2.05, 4.69) is 51.5 Å². The van der Waals surface area contributed by atoms with Crippen molar-refractivity contribution in [2.45, 2.75) is 45.1 Å². The summed E-state index contributed by atoms with van der Waals surface area (Å²) in [5.74, 6) is 0.657. The molecule has 0 radical (unpaired) electrons. The number of hydrogen-bond acceptors (Lipinski definition) is 5. The maximum atomic E-state index is 13.5. The Balaban J connectivity index is 1.33. The summed E-state index contributed by atoms with van der Waals surface area (Å²) in [6.45, 7) is 6.00. The van der Waals surface area contributed by atoms with Gasteiger partial charge < -0.3 is 9.84 Å². The maximum Gasteiger partial charge on any atom is 0.234 e. The molecule has 32 heavy (non-hydrogen) atoms. The molecule has 0 bridgehead atoms. The monoisotopic (exact) mass is 436 g/mol. The van der Waals surface area contributed by atoms with Crippen LogP contribution in [0.5, 0.6) is 0 Å². The van der Waals surface area contributed by atoms with E-state index in [4.69, 9.17) is 4.52 Å². The van der Waals surface area contributed by atoms with Crippen molar-refractivity contribution in [2.24, 2.45) is 0 Å². The summed E-state index contributed by atoms with van der Waals surface area (Å²) < 4.78 is 19.0. The highest BCUT2D eigenvalue weighted by molar-refractivity contribution is 5.78. The molecule has 1 aliphatic heterocycles. The summed E-state index contributed by atoms with van der Waals surface area (Å²) >= 11 is 0. The lowest BCUT2D eigenvalue weighted by Crippen LogP contribution is -2.42. The van der Waals surface area contributed by atoms with Crippen LogP contribution in [0.25, 0.3) is 11.4 Å². The normalized spacial score (nSPS) is 17.8. The van der Waals surface area contributed by atoms with Crippen LogP contribution in [-0.2, 0) is 11.2 Å². The van der Waals surface area contributed by atoms with Gasteiger partial charge in [0.05, 0.1) is 18.5 Å². The molecule has 1 N–H and O–H groups in total. The number of aryl methyl sites for hydroxylation is 1. The number of carbonyl (C=O) groups excluding carboxylic acids is 1. The molecule has 168 valence electrons. The van der Waals surface area contributed by atoms with Crippen LogP contribution in [0.2, 0.25) is 0 Å². The zero-order valence-electron chi connectivity index (χ0n) is 18.6. The van der Waals surface area contributed by atoms with Gasteiger partial charge in [0.1, 0.15) is 5.82 Å². The van der Waals surface area contributed by atoms with Crippen molar-refractivity contribution in [3.05, 3.63) is 71.4 Å². The van der Waals surface area contributed by atoms with E-state index in [0.29, 0.717) is 30.4 Å². The van der Waals surface area contributed by atoms with Crippen LogP contribution >= 0.6 is 0 Å². The number of aromatic nitrogens is 2. The lowest BCUT2D eigenvalue weighted by atomic mass is 9.98. The average molecular weight is 437 g/mol. The Morgan fingerprint density at radius 3 is 2.84 bits per heavy atom. The van der Waals surface area contributed by atoms with Gasteiger partial charge in [0.2, 0.25) is 17.6 Å². The van der Waals surface area contributed by atoms with Gasteiger partial charge in [-0.05, 0) is 56.0 Å². The van der Waals surface area contributed by atoms with E-state index < -0.39 is 0 Å². The number of carbonyl (C=O) groups is 1. The fourth-order valence-electron chi connectivity index (χ4n) is 4.16. The molecule has 7 heteroatoms. The highest BCUT2D eigenvalue weighted by Crippen LogP contribution is 2.27. The van der Waals surface area contributed by atoms with Gasteiger partial charge in [-0.1, -0.05) is 48.5 Å². The van der Waals surface area contributed by atoms with Crippen molar-refractivity contribution in [3.8, 4) is 11.4 Å². The smallest absolute Gasteiger partial charge is 0.234 e. The molecule has 1 aromatic heterocycles. The Labute approximate surface area is 187 Å². The summed E-state index contributed by atoms with van der Waals surface area (Å²) in [5, 5.41) is 7.12. The molecule has 0 saturated carbocycles. The minimum absolute atomic E-state index is 0.00342. The Bertz CT molecular complexity index is 1050. The van der Waals surface area contributed by atoms with Crippen LogP contribution in [0.4, 0.5) is 4.39 Å². The van der Waals surface area contributed by atoms with E-state index in [-0.39, 0.29) is 23.7 Å². The van der Waals surface area contributed by atoms with Crippen molar-refractivity contribution in [1.29, 1.82) is 0 Å². The number of halogens is 1. The lowest BCUT2D eigenvalue weighted by Gasteiger charge is -2.30. The summed E-state index contributed by atoms with van der Waals surface area (Å²) in [4.78, 5) is 19.3. The minimum Gasteiger partial charge on any atom is -0.348 e. The second-order valence-electron chi connectivity index (χ2n) is 8.43. The largest absolute Gasteiger partial charge is 0.348 e. The van der Waals surface area contributed by atoms with Gasteiger partial charge in [0.15, 0.2) is 0 Å². The van der Waals surface area contributed by atoms with Crippen LogP contribution in [-0.4, -0.2) is 40.6 Å². The van der Waals surface area contributed by atoms with Crippen LogP contribution in [0.3, 0.4) is 0 Å². The van der Waals surface area contributed by atoms with Gasteiger partial charge in [0, 0.05) is 12.1 Å². The third-order valence-electron chi connectivity index (χ3n) is 6.01. The molecule has 1 amide bonds. The Morgan fingerprint density at radius 1 is 1.28 bits per heavy atom. The summed E-state index contributed by atoms with van der Waals surface area (Å²) in [7, 11) is 0. The van der Waals surface area contributed by atoms with Crippen molar-refractivity contribution in [3.63, 3.8) is 0 Å². The van der Waals surface area contributed by atoms with E-state index in [9.17, 15) is 9.18 Å². The molecule has 6 nitrogen and oxygen atoms in total. The fraction of sp³-hybridized carbons (Fsp3) is 0.400. The molecular weight excluding hydrogens is 407 g/mol. The molecule has 2 atom stereocenters. The van der Waals surface area contributed by atoms with Gasteiger partial charge in [-0.15, -0.1) is 0 Å². The van der Waals surface area contributed by atoms with Gasteiger partial charge in [0.25, 0.3) is 0 Å². The molecule has 4 rings (SSSR count). The van der Waals surface area contributed by atoms with Crippen LogP contribution in [0.15, 0.2) is 53.1 Å². The molecule has 0 spiro atoms. The molecule has 3 aromatic rings. The predicted molar refractivity (Wildman–Crippen MR) is 120 cm³/mol. The van der Waals surface area contributed by atoms with E-state index in [0.717, 1.165) is 31.4 Å². The standard InChI is InChI=1S/C25H29FN4O2/c1-3-18-9-11-19(12-10-18)17(2)27-23(31)16-30-13-5-7-21(15-30)25-28-24(29-32-25)20-6-4-8-22(26)14-20/h4,6,8-12,14,17,21H,3,5,7,13,15-16H2,1-2H3,(H,27,31). The number of nitrogens with zero attached hydrogens (tertiary/aromatic N) is 3. The van der Waals surface area contributed by atoms with Gasteiger partial charge in [-0.25, -0.2) is 4.39 Å². The number of rotatable bonds is 7. The second-order valence-corrected chi connectivity index (χ2v) is 8.43. The average Bonchev–Trinajstić information content (AvgIpc) is 3.30. The Kier molecular flexibility index (Phi) is 6.95. The molecule has 1 aliphatic rings. The number of nitrogens with one attached hydrogen (secondary N) is 1. The van der Waals surface area contributed by atoms with Gasteiger partial charge in [-0.3, -0.25) is 9.69 Å². The van der Waals surface area contributed by atoms with Crippen LogP contribution in [0.1, 0.15) is 55.7 Å². The highest BCUT2D eigenvalue weighted by atomic mass is 19.1. The maximum absolute atomic E-state index is 13.5. The van der Waals surface area contributed by atoms with E-state index in [1.165, 1.54) is 17.7 Å². The Hall–Kier alpha value is -3.06. The van der Waals surface area contributed by atoms with Gasteiger partial charge >= 0.3 is 0 Å². The highest BCUT2D eigenvalue weighted by Gasteiger charge is 2.27. The number of piperidine rings is 1. The lowest BCUT2D eigenvalue weighted by molar-refractivity contribution is -0.123. The first-order valence-corrected chi connectivity index (χ1v) is 11.2. The van der Waals surface area contributed by atoms with Gasteiger partial charge in [-0.2, -0.15) is 4.98 Å². The van der Waals surface area contributed by atoms with E-state index in [1.807, 2.05) is 6.92 Å². The third-order valence-corrected chi connectivity index (χ3v) is 6.01. The molecule has 0 aliphatic carbocycles. The number of likely N-dealkylation sites (tertiary alicyclic amines) is 1. The molecular formula is C25H29FN4O2. The SMILES string of the molecule is CCc1ccc(C(C)NC(=O)CN2CCCC(c3nc(-c4cccc(F)c4)no3)C2)cc1. The van der Waals surface area contributed by atoms with Crippen molar-refractivity contribution in [2.75, 3.05) is 19.6 Å². The summed E-state index contributed by atoms with van der Waals surface area (Å²) in [6.07, 6.45) is 2.87. The van der Waals surface area contributed by atoms with Crippen molar-refractivity contribution in [1.82, 2.24) is 20.4 Å². The topological polar surface area (TPSA) is 71.3 Å². The molecule has 2 aromatic carbocycles. The van der Waals surface area contributed by atoms with E-state index in [1.54, 1.807) is 12.1 Å². The fourth-order valence-corrected chi connectivity index (χ4v) is 4.16. The number of amides is 1. The molecule has 2 heterocycles. The first-order chi connectivity index (χ1) is 15.5. The zero-order valence-corrected chi connectivity index (χ0v) is 18.6. The third kappa shape index (κ3) is 5.40. The number of benzene rings is 2.